The predicted molar refractivity (Wildman–Crippen MR) is 81.9 cm³/mol. The van der Waals surface area contributed by atoms with E-state index in [9.17, 15) is 18.8 Å². The molecule has 0 N–H and O–H groups in total. The molecule has 1 aliphatic heterocycles. The second-order valence-corrected chi connectivity index (χ2v) is 4.99. The minimum atomic E-state index is -1.26. The third-order valence-corrected chi connectivity index (χ3v) is 3.63. The molecule has 25 heavy (non-hydrogen) atoms. The fourth-order valence-electron chi connectivity index (χ4n) is 2.47. The molecule has 128 valence electrons. The zero-order valence-electron chi connectivity index (χ0n) is 13.2. The summed E-state index contributed by atoms with van der Waals surface area (Å²) in [5, 5.41) is 0.297. The van der Waals surface area contributed by atoms with Crippen LogP contribution in [-0.2, 0) is 4.84 Å². The van der Waals surface area contributed by atoms with Crippen molar-refractivity contribution in [3.63, 3.8) is 0 Å². The van der Waals surface area contributed by atoms with Crippen molar-refractivity contribution >= 4 is 17.8 Å². The molecule has 0 bridgehead atoms. The van der Waals surface area contributed by atoms with Crippen LogP contribution in [0.2, 0.25) is 0 Å². The molecule has 0 unspecified atom stereocenters. The molecule has 0 saturated heterocycles. The first-order valence-corrected chi connectivity index (χ1v) is 7.10. The van der Waals surface area contributed by atoms with Crippen LogP contribution >= 0.6 is 0 Å². The van der Waals surface area contributed by atoms with Gasteiger partial charge in [0.25, 0.3) is 11.8 Å². The van der Waals surface area contributed by atoms with Gasteiger partial charge in [-0.3, -0.25) is 9.59 Å². The van der Waals surface area contributed by atoms with E-state index in [1.807, 2.05) is 0 Å². The number of nitrogens with zero attached hydrogens (tertiary/aromatic N) is 1. The SMILES string of the molecule is COc1ccc(F)c(C(=O)ON2C(=O)c3ccccc3C2=O)c1OC. The maximum absolute atomic E-state index is 14.1. The van der Waals surface area contributed by atoms with Gasteiger partial charge in [0.05, 0.1) is 25.3 Å². The molecule has 7 nitrogen and oxygen atoms in total. The number of rotatable bonds is 4. The van der Waals surface area contributed by atoms with Crippen molar-refractivity contribution in [2.24, 2.45) is 0 Å². The fourth-order valence-corrected chi connectivity index (χ4v) is 2.47. The Morgan fingerprint density at radius 3 is 2.08 bits per heavy atom. The third-order valence-electron chi connectivity index (χ3n) is 3.63. The smallest absolute Gasteiger partial charge is 0.370 e. The number of fused-ring (bicyclic) bond motifs is 1. The Labute approximate surface area is 141 Å². The molecule has 0 saturated carbocycles. The van der Waals surface area contributed by atoms with Gasteiger partial charge >= 0.3 is 5.97 Å². The van der Waals surface area contributed by atoms with E-state index in [1.54, 1.807) is 12.1 Å². The molecule has 1 aliphatic rings. The summed E-state index contributed by atoms with van der Waals surface area (Å²) in [5.41, 5.74) is -0.393. The Balaban J connectivity index is 1.95. The van der Waals surface area contributed by atoms with Crippen molar-refractivity contribution < 1.29 is 33.1 Å². The number of carbonyl (C=O) groups excluding carboxylic acids is 3. The molecule has 2 aromatic rings. The second kappa shape index (κ2) is 6.23. The van der Waals surface area contributed by atoms with Gasteiger partial charge in [0.15, 0.2) is 11.5 Å². The zero-order valence-corrected chi connectivity index (χ0v) is 13.2. The van der Waals surface area contributed by atoms with Gasteiger partial charge in [-0.05, 0) is 24.3 Å². The van der Waals surface area contributed by atoms with Crippen LogP contribution in [-0.4, -0.2) is 37.1 Å². The lowest BCUT2D eigenvalue weighted by Gasteiger charge is -2.16. The average molecular weight is 345 g/mol. The van der Waals surface area contributed by atoms with E-state index < -0.39 is 29.2 Å². The molecule has 2 amide bonds. The number of hydroxylamine groups is 2. The van der Waals surface area contributed by atoms with Crippen LogP contribution in [0.4, 0.5) is 4.39 Å². The summed E-state index contributed by atoms with van der Waals surface area (Å²) in [6, 6.07) is 8.25. The van der Waals surface area contributed by atoms with E-state index in [2.05, 4.69) is 0 Å². The monoisotopic (exact) mass is 345 g/mol. The fraction of sp³-hybridized carbons (Fsp3) is 0.118. The maximum atomic E-state index is 14.1. The molecule has 0 radical (unpaired) electrons. The first kappa shape index (κ1) is 16.4. The molecule has 0 aliphatic carbocycles. The van der Waals surface area contributed by atoms with Gasteiger partial charge in [0, 0.05) is 0 Å². The average Bonchev–Trinajstić information content (AvgIpc) is 2.86. The Kier molecular flexibility index (Phi) is 4.10. The Bertz CT molecular complexity index is 860. The Morgan fingerprint density at radius 2 is 1.56 bits per heavy atom. The van der Waals surface area contributed by atoms with Crippen LogP contribution < -0.4 is 9.47 Å². The number of amides is 2. The number of methoxy groups -OCH3 is 2. The molecule has 8 heteroatoms. The highest BCUT2D eigenvalue weighted by Crippen LogP contribution is 2.34. The summed E-state index contributed by atoms with van der Waals surface area (Å²) >= 11 is 0. The van der Waals surface area contributed by atoms with E-state index in [0.717, 1.165) is 6.07 Å². The highest BCUT2D eigenvalue weighted by molar-refractivity contribution is 6.21. The van der Waals surface area contributed by atoms with Gasteiger partial charge in [0.2, 0.25) is 0 Å². The second-order valence-electron chi connectivity index (χ2n) is 4.99. The number of ether oxygens (including phenoxy) is 2. The van der Waals surface area contributed by atoms with E-state index in [4.69, 9.17) is 14.3 Å². The Hall–Kier alpha value is -3.42. The molecule has 1 heterocycles. The number of benzene rings is 2. The maximum Gasteiger partial charge on any atom is 0.370 e. The molecule has 0 aromatic heterocycles. The van der Waals surface area contributed by atoms with Gasteiger partial charge in [-0.15, -0.1) is 0 Å². The number of halogens is 1. The summed E-state index contributed by atoms with van der Waals surface area (Å²) in [6.45, 7) is 0. The quantitative estimate of drug-likeness (QED) is 0.790. The van der Waals surface area contributed by atoms with Gasteiger partial charge in [-0.25, -0.2) is 9.18 Å². The van der Waals surface area contributed by atoms with E-state index in [0.29, 0.717) is 5.06 Å². The topological polar surface area (TPSA) is 82.1 Å². The lowest BCUT2D eigenvalue weighted by molar-refractivity contribution is -0.0589. The molecular weight excluding hydrogens is 333 g/mol. The lowest BCUT2D eigenvalue weighted by Crippen LogP contribution is -2.33. The highest BCUT2D eigenvalue weighted by atomic mass is 19.1. The van der Waals surface area contributed by atoms with E-state index in [1.165, 1.54) is 32.4 Å². The number of imide groups is 1. The minimum Gasteiger partial charge on any atom is -0.493 e. The summed E-state index contributed by atoms with van der Waals surface area (Å²) in [6.07, 6.45) is 0. The Morgan fingerprint density at radius 1 is 0.960 bits per heavy atom. The molecule has 2 aromatic carbocycles. The van der Waals surface area contributed by atoms with Gasteiger partial charge in [0.1, 0.15) is 11.4 Å². The van der Waals surface area contributed by atoms with Gasteiger partial charge in [-0.2, -0.15) is 0 Å². The molecular formula is C17H12FNO6. The highest BCUT2D eigenvalue weighted by Gasteiger charge is 2.39. The molecule has 0 atom stereocenters. The van der Waals surface area contributed by atoms with Crippen LogP contribution in [0.3, 0.4) is 0 Å². The number of hydrogen-bond donors (Lipinski definition) is 0. The molecule has 0 fully saturated rings. The van der Waals surface area contributed by atoms with E-state index in [-0.39, 0.29) is 22.6 Å². The lowest BCUT2D eigenvalue weighted by atomic mass is 10.1. The van der Waals surface area contributed by atoms with Crippen molar-refractivity contribution in [1.29, 1.82) is 0 Å². The van der Waals surface area contributed by atoms with E-state index >= 15 is 0 Å². The molecule has 0 spiro atoms. The first-order chi connectivity index (χ1) is 12.0. The third kappa shape index (κ3) is 2.57. The van der Waals surface area contributed by atoms with Crippen molar-refractivity contribution in [1.82, 2.24) is 5.06 Å². The number of carbonyl (C=O) groups is 3. The zero-order chi connectivity index (χ0) is 18.1. The first-order valence-electron chi connectivity index (χ1n) is 7.10. The minimum absolute atomic E-state index is 0.0956. The van der Waals surface area contributed by atoms with Gasteiger partial charge < -0.3 is 14.3 Å². The summed E-state index contributed by atoms with van der Waals surface area (Å²) in [7, 11) is 2.53. The van der Waals surface area contributed by atoms with Crippen LogP contribution in [0.25, 0.3) is 0 Å². The number of hydrogen-bond acceptors (Lipinski definition) is 6. The largest absolute Gasteiger partial charge is 0.493 e. The van der Waals surface area contributed by atoms with Crippen LogP contribution in [0.5, 0.6) is 11.5 Å². The summed E-state index contributed by atoms with van der Waals surface area (Å²) < 4.78 is 24.1. The van der Waals surface area contributed by atoms with Crippen molar-refractivity contribution in [3.8, 4) is 11.5 Å². The standard InChI is InChI=1S/C17H12FNO6/c1-23-12-8-7-11(18)13(14(12)24-2)17(22)25-19-15(20)9-5-3-4-6-10(9)16(19)21/h3-8H,1-2H3. The summed E-state index contributed by atoms with van der Waals surface area (Å²) in [4.78, 5) is 41.6. The molecule has 3 rings (SSSR count). The van der Waals surface area contributed by atoms with Crippen LogP contribution in [0.15, 0.2) is 36.4 Å². The van der Waals surface area contributed by atoms with Crippen LogP contribution in [0, 0.1) is 5.82 Å². The van der Waals surface area contributed by atoms with Gasteiger partial charge in [-0.1, -0.05) is 17.2 Å². The van der Waals surface area contributed by atoms with Crippen molar-refractivity contribution in [2.75, 3.05) is 14.2 Å². The summed E-state index contributed by atoms with van der Waals surface area (Å²) in [5.74, 6) is -3.93. The van der Waals surface area contributed by atoms with Crippen LogP contribution in [0.1, 0.15) is 31.1 Å². The normalized spacial score (nSPS) is 12.8. The van der Waals surface area contributed by atoms with Crippen molar-refractivity contribution in [3.05, 3.63) is 58.9 Å². The van der Waals surface area contributed by atoms with Crippen molar-refractivity contribution in [2.45, 2.75) is 0 Å². The predicted octanol–water partition coefficient (Wildman–Crippen LogP) is 2.21.